The van der Waals surface area contributed by atoms with Crippen molar-refractivity contribution in [2.75, 3.05) is 26.2 Å². The third-order valence-electron chi connectivity index (χ3n) is 5.41. The van der Waals surface area contributed by atoms with Crippen LogP contribution in [0.25, 0.3) is 0 Å². The van der Waals surface area contributed by atoms with Crippen LogP contribution in [-0.4, -0.2) is 60.9 Å². The Labute approximate surface area is 148 Å². The standard InChI is InChI=1S/C17H27N7O/c1-13(17-18-14(2)21-25-17)23-10-8-22(9-11-23)12-16-20-19-15-6-4-3-5-7-24(15)16/h13H,3-12H2,1-2H3/t13-/m0/s1. The number of hydrogen-bond acceptors (Lipinski definition) is 7. The Balaban J connectivity index is 1.34. The molecule has 1 saturated heterocycles. The maximum atomic E-state index is 5.33. The van der Waals surface area contributed by atoms with Gasteiger partial charge in [-0.05, 0) is 26.7 Å². The summed E-state index contributed by atoms with van der Waals surface area (Å²) < 4.78 is 7.68. The molecule has 0 N–H and O–H groups in total. The Morgan fingerprint density at radius 3 is 2.64 bits per heavy atom. The molecule has 8 heteroatoms. The number of rotatable bonds is 4. The zero-order valence-corrected chi connectivity index (χ0v) is 15.2. The van der Waals surface area contributed by atoms with Crippen molar-refractivity contribution < 1.29 is 4.52 Å². The molecular weight excluding hydrogens is 318 g/mol. The van der Waals surface area contributed by atoms with E-state index in [9.17, 15) is 0 Å². The van der Waals surface area contributed by atoms with Crippen molar-refractivity contribution in [3.05, 3.63) is 23.4 Å². The van der Waals surface area contributed by atoms with E-state index in [1.54, 1.807) is 0 Å². The molecule has 8 nitrogen and oxygen atoms in total. The number of aromatic nitrogens is 5. The van der Waals surface area contributed by atoms with E-state index in [0.29, 0.717) is 11.7 Å². The summed E-state index contributed by atoms with van der Waals surface area (Å²) in [5.74, 6) is 3.72. The van der Waals surface area contributed by atoms with Crippen molar-refractivity contribution in [2.24, 2.45) is 0 Å². The molecule has 2 aliphatic heterocycles. The van der Waals surface area contributed by atoms with E-state index in [1.165, 1.54) is 25.1 Å². The maximum absolute atomic E-state index is 5.33. The molecule has 0 saturated carbocycles. The maximum Gasteiger partial charge on any atom is 0.243 e. The summed E-state index contributed by atoms with van der Waals surface area (Å²) in [4.78, 5) is 9.26. The lowest BCUT2D eigenvalue weighted by molar-refractivity contribution is 0.0824. The molecule has 2 aromatic heterocycles. The monoisotopic (exact) mass is 345 g/mol. The lowest BCUT2D eigenvalue weighted by atomic mass is 10.2. The van der Waals surface area contributed by atoms with Crippen molar-refractivity contribution in [1.82, 2.24) is 34.7 Å². The summed E-state index contributed by atoms with van der Waals surface area (Å²) in [6.45, 7) is 10.0. The Bertz CT molecular complexity index is 702. The zero-order chi connectivity index (χ0) is 17.2. The summed E-state index contributed by atoms with van der Waals surface area (Å²) in [5.41, 5.74) is 0. The number of piperazine rings is 1. The summed E-state index contributed by atoms with van der Waals surface area (Å²) in [6.07, 6.45) is 4.85. The van der Waals surface area contributed by atoms with Crippen LogP contribution in [0.4, 0.5) is 0 Å². The van der Waals surface area contributed by atoms with Gasteiger partial charge in [0.05, 0.1) is 12.6 Å². The first-order chi connectivity index (χ1) is 12.2. The van der Waals surface area contributed by atoms with Crippen LogP contribution < -0.4 is 0 Å². The van der Waals surface area contributed by atoms with Gasteiger partial charge in [-0.2, -0.15) is 4.98 Å². The van der Waals surface area contributed by atoms with Gasteiger partial charge >= 0.3 is 0 Å². The molecule has 1 atom stereocenters. The van der Waals surface area contributed by atoms with Gasteiger partial charge < -0.3 is 9.09 Å². The van der Waals surface area contributed by atoms with Crippen LogP contribution >= 0.6 is 0 Å². The molecule has 136 valence electrons. The normalized spacial score (nSPS) is 21.0. The third kappa shape index (κ3) is 3.59. The summed E-state index contributed by atoms with van der Waals surface area (Å²) in [6, 6.07) is 0.174. The molecule has 4 rings (SSSR count). The smallest absolute Gasteiger partial charge is 0.243 e. The van der Waals surface area contributed by atoms with Gasteiger partial charge in [0.15, 0.2) is 5.82 Å². The summed E-state index contributed by atoms with van der Waals surface area (Å²) in [7, 11) is 0. The predicted octanol–water partition coefficient (Wildman–Crippen LogP) is 1.57. The van der Waals surface area contributed by atoms with Crippen molar-refractivity contribution in [3.63, 3.8) is 0 Å². The van der Waals surface area contributed by atoms with Gasteiger partial charge in [0.2, 0.25) is 5.89 Å². The van der Waals surface area contributed by atoms with Gasteiger partial charge in [-0.3, -0.25) is 9.80 Å². The molecule has 2 aromatic rings. The van der Waals surface area contributed by atoms with Crippen LogP contribution in [0.1, 0.15) is 55.6 Å². The minimum Gasteiger partial charge on any atom is -0.338 e. The van der Waals surface area contributed by atoms with E-state index in [4.69, 9.17) is 4.52 Å². The van der Waals surface area contributed by atoms with Gasteiger partial charge in [0, 0.05) is 39.1 Å². The highest BCUT2D eigenvalue weighted by Gasteiger charge is 2.26. The average molecular weight is 345 g/mol. The van der Waals surface area contributed by atoms with Crippen LogP contribution in [0.5, 0.6) is 0 Å². The lowest BCUT2D eigenvalue weighted by Crippen LogP contribution is -2.47. The van der Waals surface area contributed by atoms with Crippen molar-refractivity contribution >= 4 is 0 Å². The molecule has 0 bridgehead atoms. The van der Waals surface area contributed by atoms with Gasteiger partial charge in [0.1, 0.15) is 11.6 Å². The number of nitrogens with zero attached hydrogens (tertiary/aromatic N) is 7. The molecule has 1 fully saturated rings. The molecule has 25 heavy (non-hydrogen) atoms. The van der Waals surface area contributed by atoms with E-state index in [2.05, 4.69) is 41.6 Å². The average Bonchev–Trinajstić information content (AvgIpc) is 3.14. The van der Waals surface area contributed by atoms with Gasteiger partial charge in [-0.25, -0.2) is 0 Å². The molecule has 0 spiro atoms. The van der Waals surface area contributed by atoms with Crippen LogP contribution in [0, 0.1) is 6.92 Å². The quantitative estimate of drug-likeness (QED) is 0.832. The number of fused-ring (bicyclic) bond motifs is 1. The fourth-order valence-corrected chi connectivity index (χ4v) is 3.81. The van der Waals surface area contributed by atoms with Gasteiger partial charge in [-0.1, -0.05) is 11.6 Å². The van der Waals surface area contributed by atoms with E-state index in [1.807, 2.05) is 6.92 Å². The van der Waals surface area contributed by atoms with Crippen LogP contribution in [-0.2, 0) is 19.5 Å². The molecular formula is C17H27N7O. The van der Waals surface area contributed by atoms with Crippen molar-refractivity contribution in [3.8, 4) is 0 Å². The second-order valence-electron chi connectivity index (χ2n) is 7.16. The first-order valence-corrected chi connectivity index (χ1v) is 9.38. The largest absolute Gasteiger partial charge is 0.338 e. The van der Waals surface area contributed by atoms with Crippen molar-refractivity contribution in [2.45, 2.75) is 58.7 Å². The Hall–Kier alpha value is -1.80. The van der Waals surface area contributed by atoms with Crippen LogP contribution in [0.3, 0.4) is 0 Å². The Morgan fingerprint density at radius 2 is 1.88 bits per heavy atom. The summed E-state index contributed by atoms with van der Waals surface area (Å²) >= 11 is 0. The lowest BCUT2D eigenvalue weighted by Gasteiger charge is -2.36. The van der Waals surface area contributed by atoms with Gasteiger partial charge in [0.25, 0.3) is 0 Å². The van der Waals surface area contributed by atoms with E-state index < -0.39 is 0 Å². The Kier molecular flexibility index (Phi) is 4.80. The van der Waals surface area contributed by atoms with E-state index in [-0.39, 0.29) is 6.04 Å². The molecule has 4 heterocycles. The topological polar surface area (TPSA) is 76.1 Å². The highest BCUT2D eigenvalue weighted by molar-refractivity contribution is 4.99. The first-order valence-electron chi connectivity index (χ1n) is 9.38. The molecule has 0 aromatic carbocycles. The fourth-order valence-electron chi connectivity index (χ4n) is 3.81. The van der Waals surface area contributed by atoms with Crippen LogP contribution in [0.15, 0.2) is 4.52 Å². The molecule has 2 aliphatic rings. The van der Waals surface area contributed by atoms with Crippen LogP contribution in [0.2, 0.25) is 0 Å². The highest BCUT2D eigenvalue weighted by atomic mass is 16.5. The number of hydrogen-bond donors (Lipinski definition) is 0. The molecule has 0 radical (unpaired) electrons. The van der Waals surface area contributed by atoms with Gasteiger partial charge in [-0.15, -0.1) is 10.2 Å². The molecule has 0 unspecified atom stereocenters. The second kappa shape index (κ2) is 7.21. The summed E-state index contributed by atoms with van der Waals surface area (Å²) in [5, 5.41) is 12.8. The minimum atomic E-state index is 0.174. The molecule has 0 amide bonds. The highest BCUT2D eigenvalue weighted by Crippen LogP contribution is 2.21. The van der Waals surface area contributed by atoms with Crippen molar-refractivity contribution in [1.29, 1.82) is 0 Å². The fraction of sp³-hybridized carbons (Fsp3) is 0.765. The number of aryl methyl sites for hydroxylation is 2. The van der Waals surface area contributed by atoms with E-state index >= 15 is 0 Å². The minimum absolute atomic E-state index is 0.174. The third-order valence-corrected chi connectivity index (χ3v) is 5.41. The SMILES string of the molecule is Cc1noc([C@H](C)N2CCN(Cc3nnc4n3CCCCC4)CC2)n1. The predicted molar refractivity (Wildman–Crippen MR) is 91.9 cm³/mol. The first kappa shape index (κ1) is 16.7. The Morgan fingerprint density at radius 1 is 1.04 bits per heavy atom. The van der Waals surface area contributed by atoms with E-state index in [0.717, 1.165) is 51.5 Å². The second-order valence-corrected chi connectivity index (χ2v) is 7.16. The zero-order valence-electron chi connectivity index (χ0n) is 15.2. The molecule has 0 aliphatic carbocycles.